The maximum atomic E-state index is 6.05. The Kier molecular flexibility index (Phi) is 4.63. The van der Waals surface area contributed by atoms with Crippen LogP contribution in [-0.2, 0) is 0 Å². The van der Waals surface area contributed by atoms with E-state index >= 15 is 0 Å². The number of nitrogens with two attached hydrogens (primary N) is 1. The Bertz CT molecular complexity index is 610. The minimum Gasteiger partial charge on any atom is -0.389 e. The van der Waals surface area contributed by atoms with Crippen LogP contribution in [0.2, 0.25) is 5.02 Å². The van der Waals surface area contributed by atoms with E-state index in [2.05, 4.69) is 24.9 Å². The topological polar surface area (TPSA) is 29.3 Å². The lowest BCUT2D eigenvalue weighted by atomic mass is 10.1. The van der Waals surface area contributed by atoms with Gasteiger partial charge in [-0.25, -0.2) is 0 Å². The van der Waals surface area contributed by atoms with Crippen molar-refractivity contribution in [3.63, 3.8) is 0 Å². The molecule has 2 aromatic rings. The number of rotatable bonds is 4. The van der Waals surface area contributed by atoms with Crippen molar-refractivity contribution in [1.29, 1.82) is 0 Å². The average molecular weight is 305 g/mol. The first-order valence-electron chi connectivity index (χ1n) is 6.37. The van der Waals surface area contributed by atoms with E-state index in [0.717, 1.165) is 16.3 Å². The summed E-state index contributed by atoms with van der Waals surface area (Å²) in [5, 5.41) is 0.756. The van der Waals surface area contributed by atoms with Crippen LogP contribution >= 0.6 is 23.8 Å². The summed E-state index contributed by atoms with van der Waals surface area (Å²) in [6.45, 7) is 2.15. The second-order valence-electron chi connectivity index (χ2n) is 4.75. The van der Waals surface area contributed by atoms with Crippen molar-refractivity contribution in [1.82, 2.24) is 0 Å². The van der Waals surface area contributed by atoms with E-state index in [0.29, 0.717) is 4.99 Å². The van der Waals surface area contributed by atoms with Crippen molar-refractivity contribution < 1.29 is 0 Å². The quantitative estimate of drug-likeness (QED) is 0.860. The molecule has 2 N–H and O–H groups in total. The van der Waals surface area contributed by atoms with Gasteiger partial charge in [-0.1, -0.05) is 36.0 Å². The minimum atomic E-state index is 0.226. The molecule has 0 saturated heterocycles. The first kappa shape index (κ1) is 14.8. The molecule has 0 fully saturated rings. The van der Waals surface area contributed by atoms with Crippen LogP contribution in [0.15, 0.2) is 48.5 Å². The molecule has 104 valence electrons. The van der Waals surface area contributed by atoms with E-state index in [1.165, 1.54) is 5.56 Å². The van der Waals surface area contributed by atoms with Crippen LogP contribution in [-0.4, -0.2) is 12.0 Å². The molecule has 2 nitrogen and oxygen atoms in total. The summed E-state index contributed by atoms with van der Waals surface area (Å²) in [6, 6.07) is 16.1. The van der Waals surface area contributed by atoms with Gasteiger partial charge in [0.05, 0.1) is 6.04 Å². The normalized spacial score (nSPS) is 11.9. The predicted octanol–water partition coefficient (Wildman–Crippen LogP) is 4.17. The molecule has 0 aromatic heterocycles. The third-order valence-corrected chi connectivity index (χ3v) is 3.94. The molecular formula is C16H17ClN2S. The fourth-order valence-corrected chi connectivity index (χ4v) is 2.41. The number of halogens is 1. The maximum absolute atomic E-state index is 6.05. The molecule has 1 atom stereocenters. The average Bonchev–Trinajstić information content (AvgIpc) is 2.46. The van der Waals surface area contributed by atoms with Gasteiger partial charge in [-0.2, -0.15) is 0 Å². The van der Waals surface area contributed by atoms with Crippen LogP contribution in [0, 0.1) is 0 Å². The zero-order valence-corrected chi connectivity index (χ0v) is 13.1. The van der Waals surface area contributed by atoms with Gasteiger partial charge in [-0.15, -0.1) is 0 Å². The van der Waals surface area contributed by atoms with Gasteiger partial charge in [0.25, 0.3) is 0 Å². The van der Waals surface area contributed by atoms with Gasteiger partial charge in [0, 0.05) is 23.3 Å². The molecule has 20 heavy (non-hydrogen) atoms. The second-order valence-corrected chi connectivity index (χ2v) is 5.63. The monoisotopic (exact) mass is 304 g/mol. The van der Waals surface area contributed by atoms with Crippen LogP contribution in [0.3, 0.4) is 0 Å². The summed E-state index contributed by atoms with van der Waals surface area (Å²) in [5.41, 5.74) is 8.78. The van der Waals surface area contributed by atoms with Gasteiger partial charge >= 0.3 is 0 Å². The highest BCUT2D eigenvalue weighted by atomic mass is 35.5. The third-order valence-electron chi connectivity index (χ3n) is 3.47. The summed E-state index contributed by atoms with van der Waals surface area (Å²) in [4.78, 5) is 2.61. The first-order valence-corrected chi connectivity index (χ1v) is 7.16. The van der Waals surface area contributed by atoms with Crippen LogP contribution in [0.25, 0.3) is 0 Å². The van der Waals surface area contributed by atoms with Crippen molar-refractivity contribution >= 4 is 34.5 Å². The summed E-state index contributed by atoms with van der Waals surface area (Å²) in [6.07, 6.45) is 0. The number of hydrogen-bond donors (Lipinski definition) is 1. The van der Waals surface area contributed by atoms with Crippen LogP contribution in [0.1, 0.15) is 24.1 Å². The van der Waals surface area contributed by atoms with Gasteiger partial charge in [0.15, 0.2) is 0 Å². The summed E-state index contributed by atoms with van der Waals surface area (Å²) >= 11 is 11.0. The van der Waals surface area contributed by atoms with Crippen molar-refractivity contribution in [3.05, 3.63) is 64.7 Å². The fourth-order valence-electron chi connectivity index (χ4n) is 2.07. The summed E-state index contributed by atoms with van der Waals surface area (Å²) in [7, 11) is 2.06. The first-order chi connectivity index (χ1) is 9.49. The largest absolute Gasteiger partial charge is 0.389 e. The Morgan fingerprint density at radius 2 is 1.85 bits per heavy atom. The Morgan fingerprint density at radius 1 is 1.20 bits per heavy atom. The Morgan fingerprint density at radius 3 is 2.40 bits per heavy atom. The number of thiocarbonyl (C=S) groups is 1. The molecule has 0 heterocycles. The summed E-state index contributed by atoms with van der Waals surface area (Å²) < 4.78 is 0. The summed E-state index contributed by atoms with van der Waals surface area (Å²) in [5.74, 6) is 0. The molecule has 2 aromatic carbocycles. The third kappa shape index (κ3) is 3.30. The smallest absolute Gasteiger partial charge is 0.103 e. The molecule has 0 radical (unpaired) electrons. The van der Waals surface area contributed by atoms with Crippen LogP contribution < -0.4 is 10.6 Å². The van der Waals surface area contributed by atoms with Crippen molar-refractivity contribution in [2.45, 2.75) is 13.0 Å². The zero-order chi connectivity index (χ0) is 14.7. The highest BCUT2D eigenvalue weighted by molar-refractivity contribution is 7.80. The van der Waals surface area contributed by atoms with Gasteiger partial charge < -0.3 is 10.6 Å². The Hall–Kier alpha value is -1.58. The lowest BCUT2D eigenvalue weighted by Crippen LogP contribution is -2.21. The van der Waals surface area contributed by atoms with Gasteiger partial charge in [0.2, 0.25) is 0 Å². The zero-order valence-electron chi connectivity index (χ0n) is 11.5. The molecule has 0 aliphatic carbocycles. The van der Waals surface area contributed by atoms with E-state index in [9.17, 15) is 0 Å². The highest BCUT2D eigenvalue weighted by Gasteiger charge is 2.12. The van der Waals surface area contributed by atoms with Crippen LogP contribution in [0.5, 0.6) is 0 Å². The molecule has 4 heteroatoms. The lowest BCUT2D eigenvalue weighted by molar-refractivity contribution is 0.740. The molecule has 0 aliphatic heterocycles. The molecule has 0 aliphatic rings. The van der Waals surface area contributed by atoms with Gasteiger partial charge in [-0.05, 0) is 48.9 Å². The number of nitrogens with zero attached hydrogens (tertiary/aromatic N) is 1. The van der Waals surface area contributed by atoms with Crippen molar-refractivity contribution in [3.8, 4) is 0 Å². The molecular weight excluding hydrogens is 288 g/mol. The van der Waals surface area contributed by atoms with Crippen LogP contribution in [0.4, 0.5) is 5.69 Å². The standard InChI is InChI=1S/C16H17ClN2S/c1-11(13-4-3-5-14(17)10-13)19(2)15-8-6-12(7-9-15)16(18)20/h3-11H,1-2H3,(H2,18,20). The Balaban J connectivity index is 2.22. The van der Waals surface area contributed by atoms with Gasteiger partial charge in [0.1, 0.15) is 4.99 Å². The second kappa shape index (κ2) is 6.25. The van der Waals surface area contributed by atoms with E-state index in [-0.39, 0.29) is 6.04 Å². The van der Waals surface area contributed by atoms with Gasteiger partial charge in [-0.3, -0.25) is 0 Å². The minimum absolute atomic E-state index is 0.226. The number of anilines is 1. The predicted molar refractivity (Wildman–Crippen MR) is 90.6 cm³/mol. The Labute approximate surface area is 130 Å². The molecule has 0 saturated carbocycles. The molecule has 2 rings (SSSR count). The van der Waals surface area contributed by atoms with E-state index in [1.807, 2.05) is 42.5 Å². The number of hydrogen-bond acceptors (Lipinski definition) is 2. The fraction of sp³-hybridized carbons (Fsp3) is 0.188. The SMILES string of the molecule is CC(c1cccc(Cl)c1)N(C)c1ccc(C(N)=S)cc1. The van der Waals surface area contributed by atoms with E-state index in [1.54, 1.807) is 0 Å². The van der Waals surface area contributed by atoms with Crippen molar-refractivity contribution in [2.24, 2.45) is 5.73 Å². The maximum Gasteiger partial charge on any atom is 0.103 e. The van der Waals surface area contributed by atoms with E-state index < -0.39 is 0 Å². The lowest BCUT2D eigenvalue weighted by Gasteiger charge is -2.27. The van der Waals surface area contributed by atoms with E-state index in [4.69, 9.17) is 29.6 Å². The molecule has 0 bridgehead atoms. The molecule has 1 unspecified atom stereocenters. The highest BCUT2D eigenvalue weighted by Crippen LogP contribution is 2.26. The van der Waals surface area contributed by atoms with Crippen molar-refractivity contribution in [2.75, 3.05) is 11.9 Å². The molecule has 0 spiro atoms. The number of benzene rings is 2. The molecule has 0 amide bonds.